The van der Waals surface area contributed by atoms with Crippen molar-refractivity contribution in [3.05, 3.63) is 29.8 Å². The molecule has 0 radical (unpaired) electrons. The van der Waals surface area contributed by atoms with Gasteiger partial charge in [-0.05, 0) is 24.7 Å². The van der Waals surface area contributed by atoms with Gasteiger partial charge < -0.3 is 15.5 Å². The minimum absolute atomic E-state index is 0.0122. The number of hydrogen-bond acceptors (Lipinski definition) is 3. The third-order valence-corrected chi connectivity index (χ3v) is 1.36. The van der Waals surface area contributed by atoms with Crippen LogP contribution in [0.25, 0.3) is 0 Å². The van der Waals surface area contributed by atoms with E-state index in [-0.39, 0.29) is 11.3 Å². The van der Waals surface area contributed by atoms with Gasteiger partial charge in [0.15, 0.2) is 0 Å². The number of rotatable bonds is 3. The van der Waals surface area contributed by atoms with Crippen LogP contribution in [-0.2, 0) is 0 Å². The minimum atomic E-state index is -2.46. The van der Waals surface area contributed by atoms with E-state index < -0.39 is 12.6 Å². The van der Waals surface area contributed by atoms with Gasteiger partial charge in [0.2, 0.25) is 0 Å². The summed E-state index contributed by atoms with van der Waals surface area (Å²) in [4.78, 5) is 0. The standard InChI is InChI=1S/C9H13NO2/c1-10-6-9(12)7-3-2-4-8(11)5-7/h2-5,9-12H,6H2,1H3/i6D2,9D. The van der Waals surface area contributed by atoms with Crippen LogP contribution in [0.1, 0.15) is 15.8 Å². The molecular weight excluding hydrogens is 154 g/mol. The molecule has 12 heavy (non-hydrogen) atoms. The fourth-order valence-corrected chi connectivity index (χ4v) is 0.844. The molecule has 3 nitrogen and oxygen atoms in total. The van der Waals surface area contributed by atoms with Crippen LogP contribution >= 0.6 is 0 Å². The summed E-state index contributed by atoms with van der Waals surface area (Å²) in [6.07, 6.45) is -2.46. The molecule has 0 aliphatic carbocycles. The van der Waals surface area contributed by atoms with Crippen molar-refractivity contribution >= 4 is 0 Å². The first-order valence-corrected chi connectivity index (χ1v) is 3.52. The molecule has 1 aromatic rings. The van der Waals surface area contributed by atoms with Crippen molar-refractivity contribution in [1.29, 1.82) is 0 Å². The fraction of sp³-hybridized carbons (Fsp3) is 0.333. The fourth-order valence-electron chi connectivity index (χ4n) is 0.844. The van der Waals surface area contributed by atoms with Crippen LogP contribution < -0.4 is 5.32 Å². The lowest BCUT2D eigenvalue weighted by Gasteiger charge is -2.09. The Morgan fingerprint density at radius 3 is 3.08 bits per heavy atom. The number of benzene rings is 1. The third-order valence-electron chi connectivity index (χ3n) is 1.36. The van der Waals surface area contributed by atoms with Crippen molar-refractivity contribution in [2.24, 2.45) is 0 Å². The average molecular weight is 170 g/mol. The van der Waals surface area contributed by atoms with Crippen LogP contribution in [0.2, 0.25) is 0 Å². The Morgan fingerprint density at radius 2 is 2.50 bits per heavy atom. The van der Waals surface area contributed by atoms with Crippen LogP contribution in [0.5, 0.6) is 5.75 Å². The maximum absolute atomic E-state index is 9.76. The van der Waals surface area contributed by atoms with E-state index >= 15 is 0 Å². The molecule has 3 N–H and O–H groups in total. The summed E-state index contributed by atoms with van der Waals surface area (Å²) in [5.41, 5.74) is -0.0122. The van der Waals surface area contributed by atoms with Crippen LogP contribution in [0, 0.1) is 0 Å². The molecule has 0 aromatic heterocycles. The molecule has 0 spiro atoms. The highest BCUT2D eigenvalue weighted by Crippen LogP contribution is 2.17. The van der Waals surface area contributed by atoms with E-state index in [1.807, 2.05) is 0 Å². The molecule has 0 heterocycles. The van der Waals surface area contributed by atoms with Crippen molar-refractivity contribution in [3.8, 4) is 5.75 Å². The lowest BCUT2D eigenvalue weighted by Crippen LogP contribution is -2.16. The quantitative estimate of drug-likeness (QED) is 0.624. The Morgan fingerprint density at radius 1 is 1.75 bits per heavy atom. The Kier molecular flexibility index (Phi) is 1.90. The van der Waals surface area contributed by atoms with Crippen molar-refractivity contribution in [2.75, 3.05) is 13.5 Å². The minimum Gasteiger partial charge on any atom is -0.508 e. The third kappa shape index (κ3) is 2.22. The number of likely N-dealkylation sites (N-methyl/N-ethyl adjacent to an activating group) is 1. The number of phenolic OH excluding ortho intramolecular Hbond substituents is 1. The highest BCUT2D eigenvalue weighted by atomic mass is 16.3. The summed E-state index contributed by atoms with van der Waals surface area (Å²) in [5.74, 6) is -0.120. The van der Waals surface area contributed by atoms with Crippen molar-refractivity contribution in [3.63, 3.8) is 0 Å². The SMILES string of the molecule is [2H]C([2H])(NC)C([2H])(O)c1cccc(O)c1. The lowest BCUT2D eigenvalue weighted by molar-refractivity contribution is 0.177. The number of aliphatic hydroxyl groups is 1. The maximum atomic E-state index is 9.76. The molecule has 1 rings (SSSR count). The molecule has 1 unspecified atom stereocenters. The van der Waals surface area contributed by atoms with Gasteiger partial charge in [-0.2, -0.15) is 0 Å². The van der Waals surface area contributed by atoms with Gasteiger partial charge >= 0.3 is 0 Å². The van der Waals surface area contributed by atoms with Crippen molar-refractivity contribution in [2.45, 2.75) is 6.08 Å². The highest BCUT2D eigenvalue weighted by Gasteiger charge is 2.05. The predicted molar refractivity (Wildman–Crippen MR) is 47.0 cm³/mol. The topological polar surface area (TPSA) is 52.5 Å². The van der Waals surface area contributed by atoms with E-state index in [4.69, 9.17) is 4.11 Å². The molecule has 0 saturated heterocycles. The van der Waals surface area contributed by atoms with Crippen LogP contribution in [0.3, 0.4) is 0 Å². The molecule has 66 valence electrons. The van der Waals surface area contributed by atoms with Crippen molar-refractivity contribution in [1.82, 2.24) is 5.32 Å². The molecule has 1 atom stereocenters. The first-order valence-electron chi connectivity index (χ1n) is 5.02. The zero-order valence-electron chi connectivity index (χ0n) is 9.70. The van der Waals surface area contributed by atoms with Gasteiger partial charge in [0, 0.05) is 9.24 Å². The second kappa shape index (κ2) is 4.09. The van der Waals surface area contributed by atoms with Crippen LogP contribution in [0.4, 0.5) is 0 Å². The molecule has 3 heteroatoms. The summed E-state index contributed by atoms with van der Waals surface area (Å²) >= 11 is 0. The van der Waals surface area contributed by atoms with E-state index in [0.29, 0.717) is 0 Å². The monoisotopic (exact) mass is 170 g/mol. The lowest BCUT2D eigenvalue weighted by atomic mass is 10.1. The van der Waals surface area contributed by atoms with Gasteiger partial charge in [-0.3, -0.25) is 0 Å². The summed E-state index contributed by atoms with van der Waals surface area (Å²) in [7, 11) is 1.31. The van der Waals surface area contributed by atoms with E-state index in [1.165, 1.54) is 25.2 Å². The number of phenols is 1. The summed E-state index contributed by atoms with van der Waals surface area (Å²) in [6.45, 7) is -2.30. The molecule has 0 amide bonds. The first-order chi connectivity index (χ1) is 6.81. The van der Waals surface area contributed by atoms with Crippen LogP contribution in [-0.4, -0.2) is 23.8 Å². The molecule has 0 saturated carbocycles. The summed E-state index contributed by atoms with van der Waals surface area (Å²) < 4.78 is 22.4. The van der Waals surface area contributed by atoms with Gasteiger partial charge in [0.05, 0.1) is 7.45 Å². The summed E-state index contributed by atoms with van der Waals surface area (Å²) in [6, 6.07) is 5.36. The largest absolute Gasteiger partial charge is 0.508 e. The second-order valence-corrected chi connectivity index (χ2v) is 2.27. The zero-order chi connectivity index (χ0) is 11.7. The molecule has 1 aromatic carbocycles. The zero-order valence-corrected chi connectivity index (χ0v) is 6.70. The number of nitrogens with one attached hydrogen (secondary N) is 1. The Bertz CT molecular complexity index is 355. The number of aromatic hydroxyl groups is 1. The molecule has 0 fully saturated rings. The molecular formula is C9H13NO2. The first kappa shape index (κ1) is 5.56. The van der Waals surface area contributed by atoms with E-state index in [1.54, 1.807) is 0 Å². The van der Waals surface area contributed by atoms with Gasteiger partial charge in [0.25, 0.3) is 0 Å². The Balaban J connectivity index is 3.16. The van der Waals surface area contributed by atoms with Gasteiger partial charge in [-0.1, -0.05) is 12.1 Å². The van der Waals surface area contributed by atoms with E-state index in [9.17, 15) is 10.2 Å². The van der Waals surface area contributed by atoms with Gasteiger partial charge in [0.1, 0.15) is 5.75 Å². The molecule has 0 bridgehead atoms. The Labute approximate surface area is 75.9 Å². The maximum Gasteiger partial charge on any atom is 0.115 e. The predicted octanol–water partition coefficient (Wildman–Crippen LogP) is 0.645. The summed E-state index contributed by atoms with van der Waals surface area (Å²) in [5, 5.41) is 21.1. The molecule has 0 aliphatic heterocycles. The van der Waals surface area contributed by atoms with E-state index in [2.05, 4.69) is 5.32 Å². The van der Waals surface area contributed by atoms with Gasteiger partial charge in [-0.15, -0.1) is 0 Å². The van der Waals surface area contributed by atoms with Crippen LogP contribution in [0.15, 0.2) is 24.3 Å². The Hall–Kier alpha value is -1.06. The van der Waals surface area contributed by atoms with Gasteiger partial charge in [-0.25, -0.2) is 0 Å². The number of hydrogen-bond donors (Lipinski definition) is 3. The average Bonchev–Trinajstić information content (AvgIpc) is 2.17. The normalized spacial score (nSPS) is 20.3. The van der Waals surface area contributed by atoms with Crippen molar-refractivity contribution < 1.29 is 14.3 Å². The second-order valence-electron chi connectivity index (χ2n) is 2.27. The highest BCUT2D eigenvalue weighted by molar-refractivity contribution is 5.28. The van der Waals surface area contributed by atoms with E-state index in [0.717, 1.165) is 6.07 Å². The molecule has 0 aliphatic rings. The smallest absolute Gasteiger partial charge is 0.115 e.